The van der Waals surface area contributed by atoms with E-state index in [9.17, 15) is 0 Å². The monoisotopic (exact) mass is 215 g/mol. The Morgan fingerprint density at radius 1 is 1.33 bits per heavy atom. The maximum absolute atomic E-state index is 5.75. The average Bonchev–Trinajstić information content (AvgIpc) is 2.26. The van der Waals surface area contributed by atoms with E-state index in [2.05, 4.69) is 43.2 Å². The number of hydrogen-bond donors (Lipinski definition) is 1. The lowest BCUT2D eigenvalue weighted by Crippen LogP contribution is -2.50. The van der Waals surface area contributed by atoms with Crippen LogP contribution in [0.3, 0.4) is 0 Å². The van der Waals surface area contributed by atoms with E-state index in [1.165, 1.54) is 0 Å². The third-order valence-electron chi connectivity index (χ3n) is 3.09. The lowest BCUT2D eigenvalue weighted by Gasteiger charge is -2.35. The van der Waals surface area contributed by atoms with E-state index < -0.39 is 0 Å². The maximum Gasteiger partial charge on any atom is 0.0852 e. The molecular formula is C11H25N3O. The molecule has 1 heterocycles. The van der Waals surface area contributed by atoms with Gasteiger partial charge in [0.2, 0.25) is 0 Å². The lowest BCUT2D eigenvalue weighted by molar-refractivity contribution is -0.0208. The number of nitrogens with zero attached hydrogens (tertiary/aromatic N) is 2. The van der Waals surface area contributed by atoms with Crippen molar-refractivity contribution in [3.63, 3.8) is 0 Å². The highest BCUT2D eigenvalue weighted by Gasteiger charge is 2.23. The van der Waals surface area contributed by atoms with Crippen LogP contribution in [0, 0.1) is 0 Å². The molecule has 0 spiro atoms. The molecule has 1 fully saturated rings. The number of likely N-dealkylation sites (N-methyl/N-ethyl adjacent to an activating group) is 2. The molecule has 1 aliphatic rings. The SMILES string of the molecule is CC(C1CNCCO1)N(C)CCN(C)C. The Morgan fingerprint density at radius 2 is 2.07 bits per heavy atom. The topological polar surface area (TPSA) is 27.7 Å². The standard InChI is InChI=1S/C11H25N3O/c1-10(11-9-12-5-8-15-11)14(4)7-6-13(2)3/h10-12H,5-9H2,1-4H3. The van der Waals surface area contributed by atoms with Gasteiger partial charge in [0.15, 0.2) is 0 Å². The first kappa shape index (κ1) is 12.9. The minimum Gasteiger partial charge on any atom is -0.374 e. The van der Waals surface area contributed by atoms with Gasteiger partial charge in [0.1, 0.15) is 0 Å². The molecule has 0 amide bonds. The van der Waals surface area contributed by atoms with E-state index in [1.807, 2.05) is 0 Å². The van der Waals surface area contributed by atoms with E-state index in [0.717, 1.165) is 32.8 Å². The normalized spacial score (nSPS) is 24.8. The van der Waals surface area contributed by atoms with Gasteiger partial charge in [-0.1, -0.05) is 0 Å². The van der Waals surface area contributed by atoms with Gasteiger partial charge in [0.25, 0.3) is 0 Å². The van der Waals surface area contributed by atoms with E-state index >= 15 is 0 Å². The molecule has 0 saturated carbocycles. The van der Waals surface area contributed by atoms with Crippen LogP contribution >= 0.6 is 0 Å². The van der Waals surface area contributed by atoms with Crippen LogP contribution in [0.4, 0.5) is 0 Å². The Kier molecular flexibility index (Phi) is 5.53. The summed E-state index contributed by atoms with van der Waals surface area (Å²) in [5.74, 6) is 0. The summed E-state index contributed by atoms with van der Waals surface area (Å²) in [5.41, 5.74) is 0. The second-order valence-corrected chi connectivity index (χ2v) is 4.64. The van der Waals surface area contributed by atoms with Crippen LogP contribution in [-0.4, -0.2) is 75.9 Å². The second-order valence-electron chi connectivity index (χ2n) is 4.64. The van der Waals surface area contributed by atoms with Crippen LogP contribution in [0.5, 0.6) is 0 Å². The molecule has 4 heteroatoms. The molecule has 90 valence electrons. The number of morpholine rings is 1. The average molecular weight is 215 g/mol. The third-order valence-corrected chi connectivity index (χ3v) is 3.09. The Hall–Kier alpha value is -0.160. The van der Waals surface area contributed by atoms with E-state index in [4.69, 9.17) is 4.74 Å². The van der Waals surface area contributed by atoms with E-state index in [0.29, 0.717) is 12.1 Å². The largest absolute Gasteiger partial charge is 0.374 e. The zero-order valence-electron chi connectivity index (χ0n) is 10.5. The van der Waals surface area contributed by atoms with Gasteiger partial charge < -0.3 is 15.0 Å². The summed E-state index contributed by atoms with van der Waals surface area (Å²) in [7, 11) is 6.39. The summed E-state index contributed by atoms with van der Waals surface area (Å²) in [6.07, 6.45) is 0.339. The number of hydrogen-bond acceptors (Lipinski definition) is 4. The molecule has 2 atom stereocenters. The van der Waals surface area contributed by atoms with Crippen LogP contribution in [0.1, 0.15) is 6.92 Å². The Balaban J connectivity index is 2.27. The van der Waals surface area contributed by atoms with Crippen LogP contribution in [0.25, 0.3) is 0 Å². The zero-order chi connectivity index (χ0) is 11.3. The van der Waals surface area contributed by atoms with Crippen molar-refractivity contribution in [3.8, 4) is 0 Å². The minimum atomic E-state index is 0.339. The highest BCUT2D eigenvalue weighted by molar-refractivity contribution is 4.79. The highest BCUT2D eigenvalue weighted by atomic mass is 16.5. The first-order valence-electron chi connectivity index (χ1n) is 5.78. The molecule has 1 N–H and O–H groups in total. The van der Waals surface area contributed by atoms with Gasteiger partial charge in [-0.05, 0) is 28.1 Å². The Morgan fingerprint density at radius 3 is 2.60 bits per heavy atom. The first-order valence-corrected chi connectivity index (χ1v) is 5.78. The first-order chi connectivity index (χ1) is 7.11. The molecule has 15 heavy (non-hydrogen) atoms. The molecule has 0 bridgehead atoms. The van der Waals surface area contributed by atoms with Crippen molar-refractivity contribution < 1.29 is 4.74 Å². The van der Waals surface area contributed by atoms with Gasteiger partial charge in [-0.2, -0.15) is 0 Å². The molecule has 0 aromatic rings. The summed E-state index contributed by atoms with van der Waals surface area (Å²) < 4.78 is 5.75. The Labute approximate surface area is 93.6 Å². The third kappa shape index (κ3) is 4.47. The van der Waals surface area contributed by atoms with Crippen LogP contribution in [0.15, 0.2) is 0 Å². The summed E-state index contributed by atoms with van der Waals surface area (Å²) in [6.45, 7) is 7.25. The summed E-state index contributed by atoms with van der Waals surface area (Å²) in [5, 5.41) is 3.37. The van der Waals surface area contributed by atoms with Crippen LogP contribution in [0.2, 0.25) is 0 Å². The van der Waals surface area contributed by atoms with Crippen LogP contribution in [-0.2, 0) is 4.74 Å². The molecule has 1 saturated heterocycles. The maximum atomic E-state index is 5.75. The summed E-state index contributed by atoms with van der Waals surface area (Å²) >= 11 is 0. The van der Waals surface area contributed by atoms with Crippen molar-refractivity contribution in [1.29, 1.82) is 0 Å². The summed E-state index contributed by atoms with van der Waals surface area (Å²) in [6, 6.07) is 0.484. The van der Waals surface area contributed by atoms with Gasteiger partial charge in [-0.3, -0.25) is 4.90 Å². The molecule has 1 aliphatic heterocycles. The minimum absolute atomic E-state index is 0.339. The van der Waals surface area contributed by atoms with Gasteiger partial charge >= 0.3 is 0 Å². The predicted molar refractivity (Wildman–Crippen MR) is 63.3 cm³/mol. The second kappa shape index (κ2) is 6.43. The fraction of sp³-hybridized carbons (Fsp3) is 1.00. The zero-order valence-corrected chi connectivity index (χ0v) is 10.5. The van der Waals surface area contributed by atoms with Gasteiger partial charge in [0.05, 0.1) is 12.7 Å². The number of rotatable bonds is 5. The van der Waals surface area contributed by atoms with Gasteiger partial charge in [-0.15, -0.1) is 0 Å². The fourth-order valence-corrected chi connectivity index (χ4v) is 1.74. The van der Waals surface area contributed by atoms with E-state index in [-0.39, 0.29) is 0 Å². The van der Waals surface area contributed by atoms with Crippen molar-refractivity contribution in [2.45, 2.75) is 19.1 Å². The number of nitrogens with one attached hydrogen (secondary N) is 1. The van der Waals surface area contributed by atoms with Crippen molar-refractivity contribution in [1.82, 2.24) is 15.1 Å². The highest BCUT2D eigenvalue weighted by Crippen LogP contribution is 2.07. The van der Waals surface area contributed by atoms with Crippen molar-refractivity contribution in [2.75, 3.05) is 53.9 Å². The molecule has 0 aromatic heterocycles. The smallest absolute Gasteiger partial charge is 0.0852 e. The van der Waals surface area contributed by atoms with Crippen molar-refractivity contribution >= 4 is 0 Å². The van der Waals surface area contributed by atoms with E-state index in [1.54, 1.807) is 0 Å². The molecule has 0 aromatic carbocycles. The molecule has 0 radical (unpaired) electrons. The molecular weight excluding hydrogens is 190 g/mol. The molecule has 4 nitrogen and oxygen atoms in total. The van der Waals surface area contributed by atoms with Gasteiger partial charge in [-0.25, -0.2) is 0 Å². The predicted octanol–water partition coefficient (Wildman–Crippen LogP) is -0.143. The molecule has 1 rings (SSSR count). The lowest BCUT2D eigenvalue weighted by atomic mass is 10.1. The Bertz CT molecular complexity index is 169. The molecule has 2 unspecified atom stereocenters. The van der Waals surface area contributed by atoms with Gasteiger partial charge in [0, 0.05) is 32.2 Å². The fourth-order valence-electron chi connectivity index (χ4n) is 1.74. The quantitative estimate of drug-likeness (QED) is 0.691. The molecule has 0 aliphatic carbocycles. The van der Waals surface area contributed by atoms with Crippen molar-refractivity contribution in [3.05, 3.63) is 0 Å². The number of ether oxygens (including phenoxy) is 1. The van der Waals surface area contributed by atoms with Crippen molar-refractivity contribution in [2.24, 2.45) is 0 Å². The summed E-state index contributed by atoms with van der Waals surface area (Å²) in [4.78, 5) is 4.58. The van der Waals surface area contributed by atoms with Crippen LogP contribution < -0.4 is 5.32 Å².